The minimum absolute atomic E-state index is 0.00542. The Bertz CT molecular complexity index is 712. The zero-order chi connectivity index (χ0) is 17.4. The second-order valence-electron chi connectivity index (χ2n) is 7.11. The first-order valence-electron chi connectivity index (χ1n) is 8.34. The smallest absolute Gasteiger partial charge is 0.326 e. The summed E-state index contributed by atoms with van der Waals surface area (Å²) in [6.07, 6.45) is 0.958. The number of carboxylic acid groups (broad SMARTS) is 1. The number of hydrogen-bond acceptors (Lipinski definition) is 3. The van der Waals surface area contributed by atoms with Crippen LogP contribution in [-0.4, -0.2) is 45.7 Å². The molecular weight excluding hydrogens is 310 g/mol. The maximum absolute atomic E-state index is 12.5. The van der Waals surface area contributed by atoms with Crippen LogP contribution in [0.3, 0.4) is 0 Å². The van der Waals surface area contributed by atoms with Gasteiger partial charge in [0, 0.05) is 37.3 Å². The van der Waals surface area contributed by atoms with Gasteiger partial charge in [0.25, 0.3) is 5.56 Å². The highest BCUT2D eigenvalue weighted by molar-refractivity contribution is 5.82. The summed E-state index contributed by atoms with van der Waals surface area (Å²) in [5.41, 5.74) is 0.973. The van der Waals surface area contributed by atoms with E-state index in [4.69, 9.17) is 0 Å². The minimum atomic E-state index is -1.02. The average molecular weight is 333 g/mol. The van der Waals surface area contributed by atoms with Crippen molar-refractivity contribution >= 4 is 12.0 Å². The Labute approximate surface area is 140 Å². The molecule has 0 aliphatic carbocycles. The third-order valence-electron chi connectivity index (χ3n) is 4.98. The van der Waals surface area contributed by atoms with Crippen molar-refractivity contribution < 1.29 is 14.7 Å². The lowest BCUT2D eigenvalue weighted by atomic mass is 9.83. The van der Waals surface area contributed by atoms with E-state index in [1.165, 1.54) is 0 Å². The van der Waals surface area contributed by atoms with Crippen LogP contribution in [0.4, 0.5) is 4.79 Å². The molecule has 1 fully saturated rings. The number of piperidine rings is 1. The van der Waals surface area contributed by atoms with E-state index in [1.807, 2.05) is 10.6 Å². The lowest BCUT2D eigenvalue weighted by Crippen LogP contribution is -2.55. The number of carbonyl (C=O) groups excluding carboxylic acids is 1. The van der Waals surface area contributed by atoms with Crippen molar-refractivity contribution in [1.82, 2.24) is 14.8 Å². The predicted molar refractivity (Wildman–Crippen MR) is 87.9 cm³/mol. The maximum Gasteiger partial charge on any atom is 0.326 e. The van der Waals surface area contributed by atoms with Crippen LogP contribution in [0.5, 0.6) is 0 Å². The number of hydrogen-bond donors (Lipinski definition) is 2. The van der Waals surface area contributed by atoms with E-state index >= 15 is 0 Å². The molecule has 3 heterocycles. The highest BCUT2D eigenvalue weighted by Gasteiger charge is 2.37. The van der Waals surface area contributed by atoms with Gasteiger partial charge in [0.15, 0.2) is 0 Å². The van der Waals surface area contributed by atoms with Gasteiger partial charge < -0.3 is 19.9 Å². The van der Waals surface area contributed by atoms with Gasteiger partial charge >= 0.3 is 12.0 Å². The highest BCUT2D eigenvalue weighted by atomic mass is 16.4. The van der Waals surface area contributed by atoms with Crippen LogP contribution < -0.4 is 10.9 Å². The quantitative estimate of drug-likeness (QED) is 0.866. The molecule has 0 aromatic carbocycles. The number of carboxylic acids is 1. The fraction of sp³-hybridized carbons (Fsp3) is 0.588. The fourth-order valence-corrected chi connectivity index (χ4v) is 3.80. The van der Waals surface area contributed by atoms with Crippen LogP contribution >= 0.6 is 0 Å². The summed E-state index contributed by atoms with van der Waals surface area (Å²) in [5.74, 6) is -0.855. The topological polar surface area (TPSA) is 91.6 Å². The number of urea groups is 1. The van der Waals surface area contributed by atoms with Gasteiger partial charge in [-0.2, -0.15) is 0 Å². The number of nitrogens with zero attached hydrogens (tertiary/aromatic N) is 2. The molecule has 3 atom stereocenters. The third-order valence-corrected chi connectivity index (χ3v) is 4.98. The Morgan fingerprint density at radius 2 is 2.00 bits per heavy atom. The zero-order valence-electron chi connectivity index (χ0n) is 13.9. The molecule has 1 aromatic rings. The van der Waals surface area contributed by atoms with Gasteiger partial charge in [0.1, 0.15) is 6.04 Å². The highest BCUT2D eigenvalue weighted by Crippen LogP contribution is 2.34. The van der Waals surface area contributed by atoms with Gasteiger partial charge in [-0.3, -0.25) is 4.79 Å². The van der Waals surface area contributed by atoms with Crippen LogP contribution in [0.2, 0.25) is 0 Å². The van der Waals surface area contributed by atoms with Crippen LogP contribution in [-0.2, 0) is 11.3 Å². The van der Waals surface area contributed by atoms with Crippen LogP contribution in [0.15, 0.2) is 23.0 Å². The summed E-state index contributed by atoms with van der Waals surface area (Å²) in [7, 11) is 0. The van der Waals surface area contributed by atoms with Crippen molar-refractivity contribution in [2.45, 2.75) is 38.8 Å². The van der Waals surface area contributed by atoms with Crippen LogP contribution in [0.25, 0.3) is 0 Å². The van der Waals surface area contributed by atoms with Crippen molar-refractivity contribution in [3.63, 3.8) is 0 Å². The van der Waals surface area contributed by atoms with Crippen LogP contribution in [0.1, 0.15) is 31.9 Å². The molecule has 3 rings (SSSR count). The molecule has 2 aliphatic heterocycles. The Hall–Kier alpha value is -2.31. The molecule has 2 N–H and O–H groups in total. The van der Waals surface area contributed by atoms with Gasteiger partial charge in [0.05, 0.1) is 0 Å². The number of fused-ring (bicyclic) bond motifs is 4. The number of rotatable bonds is 3. The fourth-order valence-electron chi connectivity index (χ4n) is 3.80. The minimum Gasteiger partial charge on any atom is -0.480 e. The molecule has 0 unspecified atom stereocenters. The number of likely N-dealkylation sites (tertiary alicyclic amines) is 1. The molecule has 1 saturated heterocycles. The van der Waals surface area contributed by atoms with E-state index in [1.54, 1.807) is 30.9 Å². The van der Waals surface area contributed by atoms with Gasteiger partial charge in [-0.1, -0.05) is 19.9 Å². The Morgan fingerprint density at radius 3 is 2.67 bits per heavy atom. The lowest BCUT2D eigenvalue weighted by Gasteiger charge is -2.43. The van der Waals surface area contributed by atoms with E-state index in [0.29, 0.717) is 19.6 Å². The van der Waals surface area contributed by atoms with Crippen molar-refractivity contribution in [2.75, 3.05) is 13.1 Å². The monoisotopic (exact) mass is 333 g/mol. The first-order chi connectivity index (χ1) is 11.4. The molecule has 130 valence electrons. The second-order valence-corrected chi connectivity index (χ2v) is 7.11. The first-order valence-corrected chi connectivity index (χ1v) is 8.34. The molecular formula is C17H23N3O4. The molecule has 7 heteroatoms. The molecule has 7 nitrogen and oxygen atoms in total. The number of aromatic nitrogens is 1. The summed E-state index contributed by atoms with van der Waals surface area (Å²) in [6, 6.07) is 4.03. The number of amides is 2. The van der Waals surface area contributed by atoms with E-state index in [2.05, 4.69) is 5.32 Å². The summed E-state index contributed by atoms with van der Waals surface area (Å²) >= 11 is 0. The SMILES string of the molecule is CC(C)[C@H](NC(=O)N1C[C@@H]2C[C@H](C1)c1cccc(=O)n1C2)C(=O)O. The van der Waals surface area contributed by atoms with E-state index in [9.17, 15) is 19.5 Å². The average Bonchev–Trinajstić information content (AvgIpc) is 2.52. The van der Waals surface area contributed by atoms with Gasteiger partial charge in [-0.15, -0.1) is 0 Å². The molecule has 0 radical (unpaired) electrons. The van der Waals surface area contributed by atoms with E-state index in [-0.39, 0.29) is 29.3 Å². The van der Waals surface area contributed by atoms with Crippen LogP contribution in [0, 0.1) is 11.8 Å². The van der Waals surface area contributed by atoms with E-state index < -0.39 is 12.0 Å². The molecule has 24 heavy (non-hydrogen) atoms. The third kappa shape index (κ3) is 3.02. The largest absolute Gasteiger partial charge is 0.480 e. The summed E-state index contributed by atoms with van der Waals surface area (Å²) < 4.78 is 1.81. The Morgan fingerprint density at radius 1 is 1.25 bits per heavy atom. The van der Waals surface area contributed by atoms with Gasteiger partial charge in [-0.25, -0.2) is 9.59 Å². The number of aliphatic carboxylic acids is 1. The molecule has 0 spiro atoms. The van der Waals surface area contributed by atoms with Crippen molar-refractivity contribution in [2.24, 2.45) is 11.8 Å². The zero-order valence-corrected chi connectivity index (χ0v) is 13.9. The lowest BCUT2D eigenvalue weighted by molar-refractivity contribution is -0.140. The standard InChI is InChI=1S/C17H23N3O4/c1-10(2)15(16(22)23)18-17(24)19-7-11-6-12(9-19)13-4-3-5-14(21)20(13)8-11/h3-5,10-12,15H,6-9H2,1-2H3,(H,18,24)(H,22,23)/t11-,12+,15-/m0/s1. The number of pyridine rings is 1. The Balaban J connectivity index is 1.76. The summed E-state index contributed by atoms with van der Waals surface area (Å²) in [6.45, 7) is 5.21. The Kier molecular flexibility index (Phi) is 4.34. The van der Waals surface area contributed by atoms with Gasteiger partial charge in [-0.05, 0) is 24.3 Å². The van der Waals surface area contributed by atoms with Crippen molar-refractivity contribution in [1.29, 1.82) is 0 Å². The van der Waals surface area contributed by atoms with Crippen molar-refractivity contribution in [3.05, 3.63) is 34.2 Å². The maximum atomic E-state index is 12.5. The molecule has 2 amide bonds. The first kappa shape index (κ1) is 16.5. The molecule has 2 bridgehead atoms. The summed E-state index contributed by atoms with van der Waals surface area (Å²) in [5, 5.41) is 11.9. The van der Waals surface area contributed by atoms with Gasteiger partial charge in [0.2, 0.25) is 0 Å². The van der Waals surface area contributed by atoms with Crippen molar-refractivity contribution in [3.8, 4) is 0 Å². The molecule has 2 aliphatic rings. The predicted octanol–water partition coefficient (Wildman–Crippen LogP) is 1.09. The summed E-state index contributed by atoms with van der Waals surface area (Å²) in [4.78, 5) is 37.5. The normalized spacial score (nSPS) is 23.5. The molecule has 1 aromatic heterocycles. The second kappa shape index (κ2) is 6.30. The van der Waals surface area contributed by atoms with E-state index in [0.717, 1.165) is 12.1 Å². The number of carbonyl (C=O) groups is 2. The number of nitrogens with one attached hydrogen (secondary N) is 1. The molecule has 0 saturated carbocycles.